The highest BCUT2D eigenvalue weighted by molar-refractivity contribution is 7.90. The van der Waals surface area contributed by atoms with E-state index in [2.05, 4.69) is 9.97 Å². The molecule has 2 aromatic rings. The Morgan fingerprint density at radius 1 is 1.42 bits per heavy atom. The molecular weight excluding hydrogens is 354 g/mol. The summed E-state index contributed by atoms with van der Waals surface area (Å²) >= 11 is 6.10. The summed E-state index contributed by atoms with van der Waals surface area (Å²) in [6, 6.07) is 5.03. The quantitative estimate of drug-likeness (QED) is 0.785. The molecule has 0 radical (unpaired) electrons. The molecule has 0 unspecified atom stereocenters. The molecule has 7 nitrogen and oxygen atoms in total. The Kier molecular flexibility index (Phi) is 4.37. The van der Waals surface area contributed by atoms with Crippen LogP contribution in [0.15, 0.2) is 28.2 Å². The SMILES string of the molecule is CS(=O)(=O)c1nc2c(c(=O)[nH]1)CCN(Cc1cccc(O)c1Cl)C2. The van der Waals surface area contributed by atoms with Crippen molar-refractivity contribution < 1.29 is 13.5 Å². The maximum absolute atomic E-state index is 12.1. The normalized spacial score (nSPS) is 15.2. The number of benzene rings is 1. The van der Waals surface area contributed by atoms with Crippen LogP contribution in [-0.4, -0.2) is 41.2 Å². The molecule has 0 fully saturated rings. The maximum Gasteiger partial charge on any atom is 0.255 e. The van der Waals surface area contributed by atoms with Gasteiger partial charge in [-0.1, -0.05) is 23.7 Å². The molecule has 2 N–H and O–H groups in total. The monoisotopic (exact) mass is 369 g/mol. The zero-order chi connectivity index (χ0) is 17.5. The van der Waals surface area contributed by atoms with Crippen LogP contribution in [0.25, 0.3) is 0 Å². The number of nitrogens with one attached hydrogen (secondary N) is 1. The lowest BCUT2D eigenvalue weighted by Gasteiger charge is -2.28. The molecule has 9 heteroatoms. The highest BCUT2D eigenvalue weighted by atomic mass is 35.5. The molecule has 0 saturated carbocycles. The summed E-state index contributed by atoms with van der Waals surface area (Å²) in [4.78, 5) is 20.5. The van der Waals surface area contributed by atoms with Crippen molar-refractivity contribution in [3.8, 4) is 5.75 Å². The van der Waals surface area contributed by atoms with Crippen LogP contribution >= 0.6 is 11.6 Å². The van der Waals surface area contributed by atoms with Crippen LogP contribution in [0.5, 0.6) is 5.75 Å². The molecule has 24 heavy (non-hydrogen) atoms. The first-order chi connectivity index (χ1) is 11.3. The van der Waals surface area contributed by atoms with Crippen molar-refractivity contribution in [2.75, 3.05) is 12.8 Å². The standard InChI is InChI=1S/C15H16ClN3O4S/c1-24(22,23)15-17-11-8-19(6-5-10(11)14(21)18-15)7-9-3-2-4-12(20)13(9)16/h2-4,20H,5-8H2,1H3,(H,17,18,21). The number of phenolic OH excluding ortho intramolecular Hbond substituents is 1. The summed E-state index contributed by atoms with van der Waals surface area (Å²) in [5.74, 6) is 0.0144. The third-order valence-corrected chi connectivity index (χ3v) is 5.27. The Hall–Kier alpha value is -1.90. The number of aromatic hydroxyl groups is 1. The molecule has 0 atom stereocenters. The first kappa shape index (κ1) is 16.9. The second-order valence-corrected chi connectivity index (χ2v) is 8.09. The largest absolute Gasteiger partial charge is 0.506 e. The van der Waals surface area contributed by atoms with Crippen molar-refractivity contribution in [3.05, 3.63) is 50.4 Å². The van der Waals surface area contributed by atoms with Gasteiger partial charge in [-0.05, 0) is 18.1 Å². The van der Waals surface area contributed by atoms with Gasteiger partial charge in [0.05, 0.1) is 10.7 Å². The average Bonchev–Trinajstić information content (AvgIpc) is 2.50. The molecule has 0 amide bonds. The minimum atomic E-state index is -3.59. The molecule has 0 saturated heterocycles. The number of rotatable bonds is 3. The molecule has 1 aliphatic heterocycles. The van der Waals surface area contributed by atoms with E-state index in [4.69, 9.17) is 11.6 Å². The summed E-state index contributed by atoms with van der Waals surface area (Å²) in [5, 5.41) is 9.65. The van der Waals surface area contributed by atoms with Crippen molar-refractivity contribution in [1.29, 1.82) is 0 Å². The number of nitrogens with zero attached hydrogens (tertiary/aromatic N) is 2. The van der Waals surface area contributed by atoms with E-state index in [-0.39, 0.29) is 10.9 Å². The topological polar surface area (TPSA) is 103 Å². The van der Waals surface area contributed by atoms with E-state index in [9.17, 15) is 18.3 Å². The zero-order valence-electron chi connectivity index (χ0n) is 12.9. The molecule has 0 aliphatic carbocycles. The number of fused-ring (bicyclic) bond motifs is 1. The Labute approximate surface area is 143 Å². The molecular formula is C15H16ClN3O4S. The van der Waals surface area contributed by atoms with E-state index in [1.54, 1.807) is 6.07 Å². The van der Waals surface area contributed by atoms with Gasteiger partial charge in [0.1, 0.15) is 5.75 Å². The van der Waals surface area contributed by atoms with Crippen LogP contribution in [-0.2, 0) is 29.3 Å². The number of H-pyrrole nitrogens is 1. The molecule has 0 spiro atoms. The number of phenols is 1. The Bertz CT molecular complexity index is 956. The average molecular weight is 370 g/mol. The van der Waals surface area contributed by atoms with Gasteiger partial charge in [-0.25, -0.2) is 13.4 Å². The van der Waals surface area contributed by atoms with E-state index < -0.39 is 15.4 Å². The fraction of sp³-hybridized carbons (Fsp3) is 0.333. The van der Waals surface area contributed by atoms with Gasteiger partial charge in [-0.3, -0.25) is 14.7 Å². The number of hydrogen-bond acceptors (Lipinski definition) is 6. The van der Waals surface area contributed by atoms with E-state index in [0.29, 0.717) is 42.3 Å². The second-order valence-electron chi connectivity index (χ2n) is 5.78. The number of sulfone groups is 1. The smallest absolute Gasteiger partial charge is 0.255 e. The van der Waals surface area contributed by atoms with Crippen molar-refractivity contribution in [2.45, 2.75) is 24.7 Å². The highest BCUT2D eigenvalue weighted by Gasteiger charge is 2.24. The van der Waals surface area contributed by atoms with Gasteiger partial charge in [-0.2, -0.15) is 0 Å². The van der Waals surface area contributed by atoms with E-state index in [0.717, 1.165) is 11.8 Å². The number of aromatic nitrogens is 2. The summed E-state index contributed by atoms with van der Waals surface area (Å²) in [6.45, 7) is 1.42. The van der Waals surface area contributed by atoms with Crippen LogP contribution in [0.4, 0.5) is 0 Å². The van der Waals surface area contributed by atoms with E-state index in [1.165, 1.54) is 6.07 Å². The summed E-state index contributed by atoms with van der Waals surface area (Å²) in [5.41, 5.74) is 1.33. The van der Waals surface area contributed by atoms with Crippen LogP contribution in [0.2, 0.25) is 5.02 Å². The highest BCUT2D eigenvalue weighted by Crippen LogP contribution is 2.28. The first-order valence-electron chi connectivity index (χ1n) is 7.26. The van der Waals surface area contributed by atoms with Crippen LogP contribution in [0, 0.1) is 0 Å². The lowest BCUT2D eigenvalue weighted by molar-refractivity contribution is 0.239. The summed E-state index contributed by atoms with van der Waals surface area (Å²) in [7, 11) is -3.59. The Balaban J connectivity index is 1.90. The maximum atomic E-state index is 12.1. The predicted molar refractivity (Wildman–Crippen MR) is 88.9 cm³/mol. The van der Waals surface area contributed by atoms with Crippen LogP contribution in [0.1, 0.15) is 16.8 Å². The summed E-state index contributed by atoms with van der Waals surface area (Å²) in [6.07, 6.45) is 1.48. The fourth-order valence-electron chi connectivity index (χ4n) is 2.71. The lowest BCUT2D eigenvalue weighted by atomic mass is 10.1. The van der Waals surface area contributed by atoms with Crippen molar-refractivity contribution in [1.82, 2.24) is 14.9 Å². The fourth-order valence-corrected chi connectivity index (χ4v) is 3.45. The van der Waals surface area contributed by atoms with Crippen molar-refractivity contribution in [3.63, 3.8) is 0 Å². The van der Waals surface area contributed by atoms with Gasteiger partial charge in [0.2, 0.25) is 15.0 Å². The minimum Gasteiger partial charge on any atom is -0.506 e. The second kappa shape index (κ2) is 6.19. The van der Waals surface area contributed by atoms with Gasteiger partial charge < -0.3 is 5.11 Å². The van der Waals surface area contributed by atoms with Gasteiger partial charge in [0, 0.05) is 31.5 Å². The summed E-state index contributed by atoms with van der Waals surface area (Å²) < 4.78 is 23.3. The lowest BCUT2D eigenvalue weighted by Crippen LogP contribution is -2.35. The molecule has 128 valence electrons. The van der Waals surface area contributed by atoms with E-state index in [1.807, 2.05) is 11.0 Å². The van der Waals surface area contributed by atoms with E-state index >= 15 is 0 Å². The molecule has 0 bridgehead atoms. The zero-order valence-corrected chi connectivity index (χ0v) is 14.5. The Morgan fingerprint density at radius 2 is 2.17 bits per heavy atom. The molecule has 1 aromatic heterocycles. The number of hydrogen-bond donors (Lipinski definition) is 2. The van der Waals surface area contributed by atoms with Gasteiger partial charge in [0.25, 0.3) is 5.56 Å². The number of halogens is 1. The van der Waals surface area contributed by atoms with Crippen LogP contribution < -0.4 is 5.56 Å². The van der Waals surface area contributed by atoms with Crippen molar-refractivity contribution in [2.24, 2.45) is 0 Å². The molecule has 2 heterocycles. The van der Waals surface area contributed by atoms with Gasteiger partial charge in [0.15, 0.2) is 0 Å². The third kappa shape index (κ3) is 3.31. The Morgan fingerprint density at radius 3 is 2.88 bits per heavy atom. The van der Waals surface area contributed by atoms with Gasteiger partial charge in [-0.15, -0.1) is 0 Å². The molecule has 3 rings (SSSR count). The predicted octanol–water partition coefficient (Wildman–Crippen LogP) is 1.09. The minimum absolute atomic E-state index is 0.0144. The third-order valence-electron chi connectivity index (χ3n) is 3.93. The van der Waals surface area contributed by atoms with Crippen LogP contribution in [0.3, 0.4) is 0 Å². The molecule has 1 aliphatic rings. The van der Waals surface area contributed by atoms with Gasteiger partial charge >= 0.3 is 0 Å². The number of aromatic amines is 1. The first-order valence-corrected chi connectivity index (χ1v) is 9.53. The van der Waals surface area contributed by atoms with Crippen molar-refractivity contribution >= 4 is 21.4 Å². The molecule has 1 aromatic carbocycles.